The SMILES string of the molecule is O=C(Cc1ccc(F)c(F)c1)N1CCC(F)(C(=O)O)C1. The largest absolute Gasteiger partial charge is 0.479 e. The Kier molecular flexibility index (Phi) is 3.69. The molecule has 108 valence electrons. The molecule has 1 aromatic rings. The van der Waals surface area contributed by atoms with Crippen molar-refractivity contribution in [3.8, 4) is 0 Å². The number of carboxylic acid groups (broad SMARTS) is 1. The van der Waals surface area contributed by atoms with Gasteiger partial charge in [0.25, 0.3) is 0 Å². The minimum absolute atomic E-state index is 0.00862. The fourth-order valence-corrected chi connectivity index (χ4v) is 2.10. The third-order valence-corrected chi connectivity index (χ3v) is 3.29. The maximum Gasteiger partial charge on any atom is 0.343 e. The summed E-state index contributed by atoms with van der Waals surface area (Å²) in [6.07, 6.45) is -0.501. The Labute approximate surface area is 112 Å². The molecule has 7 heteroatoms. The van der Waals surface area contributed by atoms with Gasteiger partial charge in [0.15, 0.2) is 11.6 Å². The quantitative estimate of drug-likeness (QED) is 0.917. The van der Waals surface area contributed by atoms with E-state index in [0.29, 0.717) is 0 Å². The Hall–Kier alpha value is -2.05. The van der Waals surface area contributed by atoms with E-state index in [1.54, 1.807) is 0 Å². The minimum atomic E-state index is -2.43. The summed E-state index contributed by atoms with van der Waals surface area (Å²) in [6, 6.07) is 3.05. The van der Waals surface area contributed by atoms with Crippen LogP contribution in [-0.2, 0) is 16.0 Å². The first-order valence-electron chi connectivity index (χ1n) is 5.96. The third kappa shape index (κ3) is 2.76. The highest BCUT2D eigenvalue weighted by Gasteiger charge is 2.46. The number of nitrogens with zero attached hydrogens (tertiary/aromatic N) is 1. The van der Waals surface area contributed by atoms with Gasteiger partial charge in [0.1, 0.15) is 0 Å². The van der Waals surface area contributed by atoms with Gasteiger partial charge in [0, 0.05) is 13.0 Å². The van der Waals surface area contributed by atoms with Crippen LogP contribution in [0, 0.1) is 11.6 Å². The number of amides is 1. The predicted molar refractivity (Wildman–Crippen MR) is 62.7 cm³/mol. The fraction of sp³-hybridized carbons (Fsp3) is 0.385. The average Bonchev–Trinajstić information content (AvgIpc) is 2.78. The van der Waals surface area contributed by atoms with Crippen molar-refractivity contribution in [1.82, 2.24) is 4.90 Å². The lowest BCUT2D eigenvalue weighted by atomic mass is 10.1. The highest BCUT2D eigenvalue weighted by molar-refractivity contribution is 5.83. The minimum Gasteiger partial charge on any atom is -0.479 e. The molecular weight excluding hydrogens is 275 g/mol. The molecule has 1 atom stereocenters. The van der Waals surface area contributed by atoms with E-state index >= 15 is 0 Å². The van der Waals surface area contributed by atoms with Gasteiger partial charge in [-0.3, -0.25) is 4.79 Å². The predicted octanol–water partition coefficient (Wildman–Crippen LogP) is 1.53. The summed E-state index contributed by atoms with van der Waals surface area (Å²) in [5.41, 5.74) is -2.18. The van der Waals surface area contributed by atoms with Crippen LogP contribution in [0.3, 0.4) is 0 Å². The van der Waals surface area contributed by atoms with Gasteiger partial charge < -0.3 is 10.0 Å². The van der Waals surface area contributed by atoms with E-state index in [-0.39, 0.29) is 24.9 Å². The summed E-state index contributed by atoms with van der Waals surface area (Å²) in [4.78, 5) is 23.7. The van der Waals surface area contributed by atoms with E-state index in [1.165, 1.54) is 6.07 Å². The molecule has 1 aliphatic rings. The van der Waals surface area contributed by atoms with Gasteiger partial charge in [-0.25, -0.2) is 18.0 Å². The van der Waals surface area contributed by atoms with E-state index in [2.05, 4.69) is 0 Å². The van der Waals surface area contributed by atoms with Crippen molar-refractivity contribution >= 4 is 11.9 Å². The van der Waals surface area contributed by atoms with Crippen LogP contribution in [0.2, 0.25) is 0 Å². The monoisotopic (exact) mass is 287 g/mol. The normalized spacial score (nSPS) is 22.1. The molecule has 0 aromatic heterocycles. The molecule has 0 bridgehead atoms. The summed E-state index contributed by atoms with van der Waals surface area (Å²) >= 11 is 0. The van der Waals surface area contributed by atoms with Gasteiger partial charge in [-0.1, -0.05) is 6.07 Å². The van der Waals surface area contributed by atoms with Crippen molar-refractivity contribution in [2.75, 3.05) is 13.1 Å². The number of halogens is 3. The Morgan fingerprint density at radius 1 is 1.30 bits per heavy atom. The summed E-state index contributed by atoms with van der Waals surface area (Å²) in [6.45, 7) is -0.532. The lowest BCUT2D eigenvalue weighted by Gasteiger charge is -2.17. The van der Waals surface area contributed by atoms with Crippen LogP contribution < -0.4 is 0 Å². The molecule has 0 radical (unpaired) electrons. The van der Waals surface area contributed by atoms with E-state index in [4.69, 9.17) is 5.11 Å². The number of carboxylic acids is 1. The van der Waals surface area contributed by atoms with Gasteiger partial charge in [0.2, 0.25) is 11.6 Å². The smallest absolute Gasteiger partial charge is 0.343 e. The zero-order valence-corrected chi connectivity index (χ0v) is 10.4. The molecule has 1 saturated heterocycles. The molecule has 1 heterocycles. The fourth-order valence-electron chi connectivity index (χ4n) is 2.10. The summed E-state index contributed by atoms with van der Waals surface area (Å²) < 4.78 is 39.5. The molecule has 0 spiro atoms. The van der Waals surface area contributed by atoms with Crippen molar-refractivity contribution in [3.05, 3.63) is 35.4 Å². The van der Waals surface area contributed by atoms with Crippen LogP contribution in [0.1, 0.15) is 12.0 Å². The van der Waals surface area contributed by atoms with Crippen molar-refractivity contribution in [3.63, 3.8) is 0 Å². The highest BCUT2D eigenvalue weighted by atomic mass is 19.2. The Bertz CT molecular complexity index is 564. The molecular formula is C13H12F3NO3. The zero-order chi connectivity index (χ0) is 14.9. The number of hydrogen-bond acceptors (Lipinski definition) is 2. The third-order valence-electron chi connectivity index (χ3n) is 3.29. The van der Waals surface area contributed by atoms with E-state index in [1.807, 2.05) is 0 Å². The van der Waals surface area contributed by atoms with Gasteiger partial charge in [-0.05, 0) is 17.7 Å². The second-order valence-electron chi connectivity index (χ2n) is 4.76. The Morgan fingerprint density at radius 3 is 2.55 bits per heavy atom. The van der Waals surface area contributed by atoms with Crippen molar-refractivity contribution in [1.29, 1.82) is 0 Å². The number of alkyl halides is 1. The summed E-state index contributed by atoms with van der Waals surface area (Å²) in [5.74, 6) is -4.20. The summed E-state index contributed by atoms with van der Waals surface area (Å²) in [5, 5.41) is 8.72. The molecule has 2 rings (SSSR count). The second-order valence-corrected chi connectivity index (χ2v) is 4.76. The standard InChI is InChI=1S/C13H12F3NO3/c14-9-2-1-8(5-10(9)15)6-11(18)17-4-3-13(16,7-17)12(19)20/h1-2,5H,3-4,6-7H2,(H,19,20). The van der Waals surface area contributed by atoms with Gasteiger partial charge in [0.05, 0.1) is 13.0 Å². The van der Waals surface area contributed by atoms with Crippen LogP contribution >= 0.6 is 0 Å². The van der Waals surface area contributed by atoms with Gasteiger partial charge in [-0.2, -0.15) is 0 Å². The molecule has 1 aromatic carbocycles. The number of likely N-dealkylation sites (tertiary alicyclic amines) is 1. The first-order chi connectivity index (χ1) is 9.32. The van der Waals surface area contributed by atoms with Gasteiger partial charge in [-0.15, -0.1) is 0 Å². The summed E-state index contributed by atoms with van der Waals surface area (Å²) in [7, 11) is 0. The molecule has 20 heavy (non-hydrogen) atoms. The number of rotatable bonds is 3. The molecule has 1 N–H and O–H groups in total. The van der Waals surface area contributed by atoms with Crippen LogP contribution in [0.15, 0.2) is 18.2 Å². The van der Waals surface area contributed by atoms with Crippen LogP contribution in [0.25, 0.3) is 0 Å². The number of aliphatic carboxylic acids is 1. The maximum absolute atomic E-state index is 13.8. The maximum atomic E-state index is 13.8. The number of carbonyl (C=O) groups is 2. The van der Waals surface area contributed by atoms with E-state index in [9.17, 15) is 22.8 Å². The van der Waals surface area contributed by atoms with E-state index in [0.717, 1.165) is 17.0 Å². The number of benzene rings is 1. The van der Waals surface area contributed by atoms with Gasteiger partial charge >= 0.3 is 5.97 Å². The lowest BCUT2D eigenvalue weighted by Crippen LogP contribution is -2.39. The van der Waals surface area contributed by atoms with Crippen LogP contribution in [0.4, 0.5) is 13.2 Å². The zero-order valence-electron chi connectivity index (χ0n) is 10.4. The van der Waals surface area contributed by atoms with Crippen LogP contribution in [0.5, 0.6) is 0 Å². The lowest BCUT2D eigenvalue weighted by molar-refractivity contribution is -0.150. The number of carbonyl (C=O) groups excluding carboxylic acids is 1. The van der Waals surface area contributed by atoms with Crippen molar-refractivity contribution < 1.29 is 27.9 Å². The van der Waals surface area contributed by atoms with Crippen LogP contribution in [-0.4, -0.2) is 40.6 Å². The van der Waals surface area contributed by atoms with Crippen molar-refractivity contribution in [2.24, 2.45) is 0 Å². The molecule has 1 unspecified atom stereocenters. The second kappa shape index (κ2) is 5.15. The van der Waals surface area contributed by atoms with Crippen molar-refractivity contribution in [2.45, 2.75) is 18.5 Å². The first-order valence-corrected chi connectivity index (χ1v) is 5.96. The molecule has 0 aliphatic carbocycles. The Morgan fingerprint density at radius 2 is 2.00 bits per heavy atom. The molecule has 1 fully saturated rings. The highest BCUT2D eigenvalue weighted by Crippen LogP contribution is 2.26. The molecule has 4 nitrogen and oxygen atoms in total. The Balaban J connectivity index is 2.03. The molecule has 0 saturated carbocycles. The first kappa shape index (κ1) is 14.4. The molecule has 1 amide bonds. The number of hydrogen-bond donors (Lipinski definition) is 1. The topological polar surface area (TPSA) is 57.6 Å². The average molecular weight is 287 g/mol. The molecule has 1 aliphatic heterocycles. The van der Waals surface area contributed by atoms with E-state index < -0.39 is 35.7 Å².